The topological polar surface area (TPSA) is 136 Å². The zero-order chi connectivity index (χ0) is 22.1. The molecule has 1 saturated heterocycles. The van der Waals surface area contributed by atoms with Gasteiger partial charge in [0, 0.05) is 28.2 Å². The van der Waals surface area contributed by atoms with Gasteiger partial charge < -0.3 is 14.8 Å². The number of nitrogens with one attached hydrogen (secondary N) is 1. The third-order valence-electron chi connectivity index (χ3n) is 4.91. The van der Waals surface area contributed by atoms with Crippen LogP contribution in [0.2, 0.25) is 0 Å². The number of fused-ring (bicyclic) bond motifs is 1. The van der Waals surface area contributed by atoms with Gasteiger partial charge in [0.15, 0.2) is 6.29 Å². The highest BCUT2D eigenvalue weighted by atomic mass is 16.5. The van der Waals surface area contributed by atoms with Crippen molar-refractivity contribution in [1.29, 1.82) is 5.26 Å². The highest BCUT2D eigenvalue weighted by molar-refractivity contribution is 6.39. The van der Waals surface area contributed by atoms with Gasteiger partial charge in [-0.05, 0) is 24.3 Å². The Bertz CT molecular complexity index is 1280. The number of rotatable bonds is 4. The van der Waals surface area contributed by atoms with Crippen LogP contribution in [0.4, 0.5) is 10.5 Å². The van der Waals surface area contributed by atoms with Crippen LogP contribution in [0.15, 0.2) is 60.3 Å². The Kier molecular flexibility index (Phi) is 5.09. The molecule has 0 aliphatic carbocycles. The van der Waals surface area contributed by atoms with Gasteiger partial charge in [-0.15, -0.1) is 0 Å². The molecule has 31 heavy (non-hydrogen) atoms. The summed E-state index contributed by atoms with van der Waals surface area (Å²) in [6.45, 7) is 0.0947. The summed E-state index contributed by atoms with van der Waals surface area (Å²) in [6, 6.07) is 13.9. The van der Waals surface area contributed by atoms with Crippen LogP contribution in [-0.2, 0) is 16.1 Å². The van der Waals surface area contributed by atoms with E-state index in [9.17, 15) is 24.6 Å². The summed E-state index contributed by atoms with van der Waals surface area (Å²) >= 11 is 0. The van der Waals surface area contributed by atoms with Crippen LogP contribution in [0, 0.1) is 11.3 Å². The van der Waals surface area contributed by atoms with E-state index in [1.54, 1.807) is 16.8 Å². The first-order chi connectivity index (χ1) is 14.9. The maximum atomic E-state index is 13.1. The van der Waals surface area contributed by atoms with E-state index in [2.05, 4.69) is 11.4 Å². The van der Waals surface area contributed by atoms with Crippen molar-refractivity contribution in [3.63, 3.8) is 0 Å². The fourth-order valence-electron chi connectivity index (χ4n) is 3.44. The summed E-state index contributed by atoms with van der Waals surface area (Å²) in [7, 11) is 0. The van der Waals surface area contributed by atoms with Crippen LogP contribution in [0.1, 0.15) is 17.4 Å². The lowest BCUT2D eigenvalue weighted by molar-refractivity contribution is -0.122. The van der Waals surface area contributed by atoms with Gasteiger partial charge in [-0.1, -0.05) is 30.3 Å². The lowest BCUT2D eigenvalue weighted by atomic mass is 10.1. The van der Waals surface area contributed by atoms with E-state index in [4.69, 9.17) is 5.26 Å². The minimum absolute atomic E-state index is 0.0947. The Hall–Kier alpha value is -4.26. The van der Waals surface area contributed by atoms with Crippen molar-refractivity contribution in [1.82, 2.24) is 9.88 Å². The molecule has 0 bridgehead atoms. The molecule has 0 spiro atoms. The summed E-state index contributed by atoms with van der Waals surface area (Å²) < 4.78 is 1.70. The number of aromatic nitrogens is 1. The van der Waals surface area contributed by atoms with Crippen molar-refractivity contribution in [2.24, 2.45) is 0 Å². The molecule has 0 radical (unpaired) electrons. The van der Waals surface area contributed by atoms with Crippen LogP contribution >= 0.6 is 0 Å². The van der Waals surface area contributed by atoms with Crippen LogP contribution in [0.25, 0.3) is 17.0 Å². The molecular weight excluding hydrogens is 400 g/mol. The summed E-state index contributed by atoms with van der Waals surface area (Å²) in [5, 5.41) is 30.4. The van der Waals surface area contributed by atoms with Gasteiger partial charge in [0.1, 0.15) is 12.1 Å². The maximum Gasteiger partial charge on any atom is 0.335 e. The van der Waals surface area contributed by atoms with E-state index in [0.717, 1.165) is 15.8 Å². The average molecular weight is 416 g/mol. The van der Waals surface area contributed by atoms with E-state index >= 15 is 0 Å². The van der Waals surface area contributed by atoms with E-state index in [1.807, 2.05) is 18.2 Å². The zero-order valence-corrected chi connectivity index (χ0v) is 16.0. The number of barbiturate groups is 1. The number of para-hydroxylation sites is 1. The Morgan fingerprint density at radius 3 is 2.45 bits per heavy atom. The normalized spacial score (nSPS) is 15.6. The Balaban J connectivity index is 1.77. The van der Waals surface area contributed by atoms with Gasteiger partial charge in [0.25, 0.3) is 11.8 Å². The van der Waals surface area contributed by atoms with Crippen LogP contribution in [0.3, 0.4) is 0 Å². The summed E-state index contributed by atoms with van der Waals surface area (Å²) in [5.41, 5.74) is 1.43. The lowest BCUT2D eigenvalue weighted by Crippen LogP contribution is -2.54. The number of carbonyl (C=O) groups excluding carboxylic acids is 3. The first-order valence-corrected chi connectivity index (χ1v) is 9.23. The molecule has 1 aliphatic heterocycles. The zero-order valence-electron chi connectivity index (χ0n) is 16.0. The van der Waals surface area contributed by atoms with E-state index in [1.165, 1.54) is 30.3 Å². The number of nitrogens with zero attached hydrogens (tertiary/aromatic N) is 3. The predicted molar refractivity (Wildman–Crippen MR) is 110 cm³/mol. The minimum Gasteiger partial charge on any atom is -0.364 e. The highest BCUT2D eigenvalue weighted by Crippen LogP contribution is 2.27. The molecule has 3 N–H and O–H groups in total. The van der Waals surface area contributed by atoms with Crippen molar-refractivity contribution >= 4 is 40.5 Å². The molecule has 2 heterocycles. The molecule has 3 aromatic rings. The first-order valence-electron chi connectivity index (χ1n) is 9.23. The fraction of sp³-hybridized carbons (Fsp3) is 0.0909. The van der Waals surface area contributed by atoms with Crippen molar-refractivity contribution in [2.45, 2.75) is 12.8 Å². The number of hydrogen-bond donors (Lipinski definition) is 3. The number of aliphatic hydroxyl groups is 2. The van der Waals surface area contributed by atoms with E-state index in [0.29, 0.717) is 5.56 Å². The number of aliphatic hydroxyl groups excluding tert-OH is 1. The number of carbonyl (C=O) groups is 3. The molecule has 0 unspecified atom stereocenters. The standard InChI is InChI=1S/C22H16N4O5/c23-9-10-25-12-14(16-3-1-2-4-18(16)25)11-17-19(27)24-22(31)26(20(17)28)15-7-5-13(6-8-15)21(29)30/h1-8,11-12,21,29-30H,10H2,(H,24,27,31). The number of amides is 4. The quantitative estimate of drug-likeness (QED) is 0.337. The summed E-state index contributed by atoms with van der Waals surface area (Å²) in [4.78, 5) is 38.6. The molecule has 1 aliphatic rings. The molecule has 1 fully saturated rings. The Morgan fingerprint density at radius 2 is 1.77 bits per heavy atom. The molecule has 0 saturated carbocycles. The largest absolute Gasteiger partial charge is 0.364 e. The molecule has 9 nitrogen and oxygen atoms in total. The first kappa shape index (κ1) is 20.0. The molecule has 9 heteroatoms. The third kappa shape index (κ3) is 3.57. The Morgan fingerprint density at radius 1 is 1.06 bits per heavy atom. The van der Waals surface area contributed by atoms with E-state index in [-0.39, 0.29) is 23.4 Å². The van der Waals surface area contributed by atoms with Gasteiger partial charge in [-0.3, -0.25) is 14.9 Å². The minimum atomic E-state index is -1.69. The SMILES string of the molecule is N#CCn1cc(C=C2C(=O)NC(=O)N(c3ccc(C(O)O)cc3)C2=O)c2ccccc21. The number of nitriles is 1. The van der Waals surface area contributed by atoms with Crippen LogP contribution in [0.5, 0.6) is 0 Å². The maximum absolute atomic E-state index is 13.1. The second kappa shape index (κ2) is 7.87. The van der Waals surface area contributed by atoms with Gasteiger partial charge in [-0.25, -0.2) is 9.69 Å². The van der Waals surface area contributed by atoms with Gasteiger partial charge in [-0.2, -0.15) is 5.26 Å². The van der Waals surface area contributed by atoms with Gasteiger partial charge in [0.05, 0.1) is 11.8 Å². The van der Waals surface area contributed by atoms with Crippen molar-refractivity contribution < 1.29 is 24.6 Å². The molecule has 0 atom stereocenters. The Labute approximate surface area is 176 Å². The van der Waals surface area contributed by atoms with Gasteiger partial charge >= 0.3 is 6.03 Å². The van der Waals surface area contributed by atoms with Crippen LogP contribution < -0.4 is 10.2 Å². The second-order valence-corrected chi connectivity index (χ2v) is 6.81. The predicted octanol–water partition coefficient (Wildman–Crippen LogP) is 1.81. The third-order valence-corrected chi connectivity index (χ3v) is 4.91. The second-order valence-electron chi connectivity index (χ2n) is 6.81. The molecule has 4 rings (SSSR count). The van der Waals surface area contributed by atoms with Crippen molar-refractivity contribution in [2.75, 3.05) is 4.90 Å². The monoisotopic (exact) mass is 416 g/mol. The fourth-order valence-corrected chi connectivity index (χ4v) is 3.44. The van der Waals surface area contributed by atoms with E-state index < -0.39 is 24.1 Å². The lowest BCUT2D eigenvalue weighted by Gasteiger charge is -2.26. The number of benzene rings is 2. The highest BCUT2D eigenvalue weighted by Gasteiger charge is 2.37. The van der Waals surface area contributed by atoms with Gasteiger partial charge in [0.2, 0.25) is 0 Å². The molecule has 154 valence electrons. The molecular formula is C22H16N4O5. The average Bonchev–Trinajstić information content (AvgIpc) is 3.09. The van der Waals surface area contributed by atoms with Crippen molar-refractivity contribution in [3.05, 3.63) is 71.4 Å². The number of anilines is 1. The summed E-state index contributed by atoms with van der Waals surface area (Å²) in [5.74, 6) is -1.64. The molecule has 4 amide bonds. The number of imide groups is 2. The molecule has 1 aromatic heterocycles. The molecule has 2 aromatic carbocycles. The number of hydrogen-bond acceptors (Lipinski definition) is 6. The smallest absolute Gasteiger partial charge is 0.335 e. The van der Waals surface area contributed by atoms with Crippen molar-refractivity contribution in [3.8, 4) is 6.07 Å². The number of urea groups is 1. The van der Waals surface area contributed by atoms with Crippen LogP contribution in [-0.4, -0.2) is 32.6 Å². The summed E-state index contributed by atoms with van der Waals surface area (Å²) in [6.07, 6.45) is 1.36.